The van der Waals surface area contributed by atoms with Gasteiger partial charge in [-0.3, -0.25) is 14.6 Å². The zero-order chi connectivity index (χ0) is 20.5. The summed E-state index contributed by atoms with van der Waals surface area (Å²) in [4.78, 5) is 31.8. The van der Waals surface area contributed by atoms with Crippen LogP contribution in [-0.4, -0.2) is 46.4 Å². The topological polar surface area (TPSA) is 74.3 Å². The van der Waals surface area contributed by atoms with Crippen molar-refractivity contribution in [2.24, 2.45) is 0 Å². The smallest absolute Gasteiger partial charge is 0.246 e. The van der Waals surface area contributed by atoms with Crippen molar-refractivity contribution in [2.75, 3.05) is 6.54 Å². The third-order valence-electron chi connectivity index (χ3n) is 6.05. The molecule has 3 atom stereocenters. The highest BCUT2D eigenvalue weighted by atomic mass is 16.2. The van der Waals surface area contributed by atoms with Gasteiger partial charge in [0.25, 0.3) is 0 Å². The SMILES string of the molecule is O=C1N[C@H](Cc2ccccc2)C(=O)N2C[C@@H](NCc3ccc4ncccc4c3)C[C@@H]12. The van der Waals surface area contributed by atoms with Gasteiger partial charge in [-0.1, -0.05) is 42.5 Å². The molecule has 3 aromatic rings. The molecule has 2 aliphatic heterocycles. The van der Waals surface area contributed by atoms with Gasteiger partial charge in [0, 0.05) is 37.1 Å². The third kappa shape index (κ3) is 3.66. The number of fused-ring (bicyclic) bond motifs is 2. The zero-order valence-corrected chi connectivity index (χ0v) is 16.6. The summed E-state index contributed by atoms with van der Waals surface area (Å²) in [6.45, 7) is 1.26. The molecule has 152 valence electrons. The molecular formula is C24H24N4O2. The molecule has 5 rings (SSSR count). The van der Waals surface area contributed by atoms with Crippen molar-refractivity contribution in [2.45, 2.75) is 37.5 Å². The van der Waals surface area contributed by atoms with Gasteiger partial charge in [-0.15, -0.1) is 0 Å². The van der Waals surface area contributed by atoms with Crippen LogP contribution in [0.1, 0.15) is 17.5 Å². The van der Waals surface area contributed by atoms with Crippen LogP contribution in [0.4, 0.5) is 0 Å². The van der Waals surface area contributed by atoms with Gasteiger partial charge < -0.3 is 15.5 Å². The van der Waals surface area contributed by atoms with Crippen molar-refractivity contribution < 1.29 is 9.59 Å². The molecule has 6 heteroatoms. The van der Waals surface area contributed by atoms with Crippen LogP contribution < -0.4 is 10.6 Å². The fourth-order valence-electron chi connectivity index (χ4n) is 4.49. The molecule has 1 aromatic heterocycles. The Morgan fingerprint density at radius 1 is 1.03 bits per heavy atom. The first kappa shape index (κ1) is 18.8. The summed E-state index contributed by atoms with van der Waals surface area (Å²) < 4.78 is 0. The highest BCUT2D eigenvalue weighted by molar-refractivity contribution is 5.97. The molecule has 2 aliphatic rings. The van der Waals surface area contributed by atoms with Gasteiger partial charge in [-0.2, -0.15) is 0 Å². The molecule has 2 amide bonds. The van der Waals surface area contributed by atoms with Crippen molar-refractivity contribution in [3.63, 3.8) is 0 Å². The van der Waals surface area contributed by atoms with Crippen molar-refractivity contribution >= 4 is 22.7 Å². The van der Waals surface area contributed by atoms with Crippen LogP contribution in [0.3, 0.4) is 0 Å². The van der Waals surface area contributed by atoms with Gasteiger partial charge in [0.1, 0.15) is 12.1 Å². The minimum Gasteiger partial charge on any atom is -0.342 e. The lowest BCUT2D eigenvalue weighted by molar-refractivity contribution is -0.147. The Kier molecular flexibility index (Phi) is 4.93. The van der Waals surface area contributed by atoms with Gasteiger partial charge in [0.05, 0.1) is 5.52 Å². The van der Waals surface area contributed by atoms with Crippen molar-refractivity contribution in [1.82, 2.24) is 20.5 Å². The van der Waals surface area contributed by atoms with E-state index in [9.17, 15) is 9.59 Å². The molecule has 0 bridgehead atoms. The second-order valence-electron chi connectivity index (χ2n) is 8.10. The fraction of sp³-hybridized carbons (Fsp3) is 0.292. The molecule has 0 unspecified atom stereocenters. The monoisotopic (exact) mass is 400 g/mol. The van der Waals surface area contributed by atoms with Gasteiger partial charge in [0.2, 0.25) is 11.8 Å². The van der Waals surface area contributed by atoms with E-state index in [0.29, 0.717) is 25.9 Å². The molecule has 2 fully saturated rings. The van der Waals surface area contributed by atoms with Crippen molar-refractivity contribution in [3.8, 4) is 0 Å². The van der Waals surface area contributed by atoms with Crippen LogP contribution in [0.2, 0.25) is 0 Å². The lowest BCUT2D eigenvalue weighted by Crippen LogP contribution is -2.61. The lowest BCUT2D eigenvalue weighted by atomic mass is 10.0. The number of carbonyl (C=O) groups excluding carboxylic acids is 2. The number of hydrogen-bond acceptors (Lipinski definition) is 4. The van der Waals surface area contributed by atoms with Crippen LogP contribution in [-0.2, 0) is 22.6 Å². The number of amides is 2. The number of aromatic nitrogens is 1. The Morgan fingerprint density at radius 2 is 1.90 bits per heavy atom. The maximum absolute atomic E-state index is 13.0. The molecule has 0 spiro atoms. The van der Waals surface area contributed by atoms with Gasteiger partial charge in [-0.05, 0) is 35.7 Å². The summed E-state index contributed by atoms with van der Waals surface area (Å²) in [6.07, 6.45) is 2.96. The van der Waals surface area contributed by atoms with Crippen LogP contribution in [0.5, 0.6) is 0 Å². The second kappa shape index (κ2) is 7.88. The highest BCUT2D eigenvalue weighted by Crippen LogP contribution is 2.24. The van der Waals surface area contributed by atoms with E-state index in [1.165, 1.54) is 0 Å². The summed E-state index contributed by atoms with van der Waals surface area (Å²) in [6, 6.07) is 19.3. The Hall–Kier alpha value is -3.25. The zero-order valence-electron chi connectivity index (χ0n) is 16.6. The van der Waals surface area contributed by atoms with E-state index in [4.69, 9.17) is 0 Å². The van der Waals surface area contributed by atoms with Gasteiger partial charge in [0.15, 0.2) is 0 Å². The third-order valence-corrected chi connectivity index (χ3v) is 6.05. The number of nitrogens with zero attached hydrogens (tertiary/aromatic N) is 2. The summed E-state index contributed by atoms with van der Waals surface area (Å²) in [7, 11) is 0. The molecule has 30 heavy (non-hydrogen) atoms. The van der Waals surface area contributed by atoms with Crippen LogP contribution in [0.25, 0.3) is 10.9 Å². The number of hydrogen-bond donors (Lipinski definition) is 2. The lowest BCUT2D eigenvalue weighted by Gasteiger charge is -2.34. The van der Waals surface area contributed by atoms with E-state index >= 15 is 0 Å². The summed E-state index contributed by atoms with van der Waals surface area (Å²) in [5, 5.41) is 7.58. The molecule has 6 nitrogen and oxygen atoms in total. The van der Waals surface area contributed by atoms with Crippen LogP contribution in [0.15, 0.2) is 66.9 Å². The number of pyridine rings is 1. The van der Waals surface area contributed by atoms with E-state index < -0.39 is 6.04 Å². The molecule has 2 N–H and O–H groups in total. The summed E-state index contributed by atoms with van der Waals surface area (Å²) in [5.41, 5.74) is 3.19. The summed E-state index contributed by atoms with van der Waals surface area (Å²) >= 11 is 0. The maximum atomic E-state index is 13.0. The molecule has 0 radical (unpaired) electrons. The number of benzene rings is 2. The number of nitrogens with one attached hydrogen (secondary N) is 2. The largest absolute Gasteiger partial charge is 0.342 e. The normalized spacial score (nSPS) is 23.5. The van der Waals surface area contributed by atoms with E-state index in [-0.39, 0.29) is 23.9 Å². The first-order valence-corrected chi connectivity index (χ1v) is 10.4. The highest BCUT2D eigenvalue weighted by Gasteiger charge is 2.46. The second-order valence-corrected chi connectivity index (χ2v) is 8.10. The standard InChI is InChI=1S/C24H24N4O2/c29-23-22-13-19(26-14-17-8-9-20-18(11-17)7-4-10-25-20)15-28(22)24(30)21(27-23)12-16-5-2-1-3-6-16/h1-11,19,21-22,26H,12-15H2,(H,27,29)/t19-,21+,22-/m0/s1. The Labute approximate surface area is 175 Å². The molecule has 0 aliphatic carbocycles. The van der Waals surface area contributed by atoms with E-state index in [0.717, 1.165) is 22.0 Å². The Bertz CT molecular complexity index is 1080. The summed E-state index contributed by atoms with van der Waals surface area (Å²) in [5.74, 6) is -0.0267. The Morgan fingerprint density at radius 3 is 2.77 bits per heavy atom. The molecule has 2 aromatic carbocycles. The van der Waals surface area contributed by atoms with Crippen LogP contribution in [0, 0.1) is 0 Å². The van der Waals surface area contributed by atoms with E-state index in [1.54, 1.807) is 11.1 Å². The molecular weight excluding hydrogens is 376 g/mol. The average Bonchev–Trinajstić information content (AvgIpc) is 3.22. The maximum Gasteiger partial charge on any atom is 0.246 e. The minimum absolute atomic E-state index is 0.0181. The molecule has 3 heterocycles. The molecule has 0 saturated carbocycles. The van der Waals surface area contributed by atoms with Gasteiger partial charge >= 0.3 is 0 Å². The molecule has 2 saturated heterocycles. The predicted octanol–water partition coefficient (Wildman–Crippen LogP) is 2.03. The van der Waals surface area contributed by atoms with Crippen molar-refractivity contribution in [3.05, 3.63) is 78.0 Å². The van der Waals surface area contributed by atoms with E-state index in [2.05, 4.69) is 33.8 Å². The average molecular weight is 400 g/mol. The first-order valence-electron chi connectivity index (χ1n) is 10.4. The Balaban J connectivity index is 1.23. The first-order chi connectivity index (χ1) is 14.7. The predicted molar refractivity (Wildman–Crippen MR) is 115 cm³/mol. The minimum atomic E-state index is -0.483. The number of carbonyl (C=O) groups is 2. The van der Waals surface area contributed by atoms with Crippen molar-refractivity contribution in [1.29, 1.82) is 0 Å². The number of rotatable bonds is 5. The number of piperazine rings is 1. The van der Waals surface area contributed by atoms with E-state index in [1.807, 2.05) is 42.5 Å². The van der Waals surface area contributed by atoms with Gasteiger partial charge in [-0.25, -0.2) is 0 Å². The van der Waals surface area contributed by atoms with Crippen LogP contribution >= 0.6 is 0 Å². The quantitative estimate of drug-likeness (QED) is 0.687. The fourth-order valence-corrected chi connectivity index (χ4v) is 4.49.